The highest BCUT2D eigenvalue weighted by atomic mass is 16.7. The molecule has 10 heteroatoms. The predicted molar refractivity (Wildman–Crippen MR) is 130 cm³/mol. The van der Waals surface area contributed by atoms with E-state index in [4.69, 9.17) is 19.0 Å². The Kier molecular flexibility index (Phi) is 7.32. The summed E-state index contributed by atoms with van der Waals surface area (Å²) >= 11 is 0. The van der Waals surface area contributed by atoms with Crippen LogP contribution < -0.4 is 0 Å². The first kappa shape index (κ1) is 26.7. The molecule has 37 heavy (non-hydrogen) atoms. The zero-order valence-electron chi connectivity index (χ0n) is 22.1. The summed E-state index contributed by atoms with van der Waals surface area (Å²) in [5.41, 5.74) is -0.418. The summed E-state index contributed by atoms with van der Waals surface area (Å²) in [7, 11) is 2.37. The number of nitrogens with zero attached hydrogens (tertiary/aromatic N) is 2. The maximum absolute atomic E-state index is 14.0. The van der Waals surface area contributed by atoms with Gasteiger partial charge in [-0.15, -0.1) is 5.06 Å². The third-order valence-corrected chi connectivity index (χ3v) is 7.66. The van der Waals surface area contributed by atoms with Crippen molar-refractivity contribution in [3.05, 3.63) is 47.2 Å². The Hall–Kier alpha value is -3.40. The molecule has 0 N–H and O–H groups in total. The number of amides is 1. The van der Waals surface area contributed by atoms with Crippen molar-refractivity contribution in [1.82, 2.24) is 9.96 Å². The van der Waals surface area contributed by atoms with E-state index in [-0.39, 0.29) is 42.2 Å². The molecule has 10 nitrogen and oxygen atoms in total. The Morgan fingerprint density at radius 3 is 2.32 bits per heavy atom. The van der Waals surface area contributed by atoms with Crippen molar-refractivity contribution in [2.75, 3.05) is 20.8 Å². The van der Waals surface area contributed by atoms with E-state index >= 15 is 0 Å². The Labute approximate surface area is 216 Å². The van der Waals surface area contributed by atoms with Gasteiger partial charge in [-0.3, -0.25) is 9.59 Å². The molecular formula is C27H34N2O8. The van der Waals surface area contributed by atoms with Crippen LogP contribution in [0.3, 0.4) is 0 Å². The topological polar surface area (TPSA) is 112 Å². The lowest BCUT2D eigenvalue weighted by Gasteiger charge is -2.48. The molecule has 1 aromatic carbocycles. The van der Waals surface area contributed by atoms with Crippen LogP contribution in [-0.2, 0) is 44.8 Å². The van der Waals surface area contributed by atoms with Crippen LogP contribution in [0.5, 0.6) is 0 Å². The SMILES string of the molecule is CCOC(=O)[C@H]1[C@@H]2[C@@H](CC3(C)C(C(=O)OC)=C(C(=O)OC)ON13)C(=O)N(Cc1ccccc1)[C@H]2C(C)C. The largest absolute Gasteiger partial charge is 0.465 e. The number of rotatable bonds is 7. The van der Waals surface area contributed by atoms with E-state index in [1.165, 1.54) is 19.3 Å². The lowest BCUT2D eigenvalue weighted by Crippen LogP contribution is -2.63. The van der Waals surface area contributed by atoms with Crippen LogP contribution in [0.1, 0.15) is 39.7 Å². The second-order valence-corrected chi connectivity index (χ2v) is 10.1. The van der Waals surface area contributed by atoms with Crippen molar-refractivity contribution in [2.45, 2.75) is 58.3 Å². The number of esters is 3. The van der Waals surface area contributed by atoms with Gasteiger partial charge >= 0.3 is 17.9 Å². The number of carbonyl (C=O) groups excluding carboxylic acids is 4. The fourth-order valence-electron chi connectivity index (χ4n) is 6.24. The summed E-state index contributed by atoms with van der Waals surface area (Å²) in [6, 6.07) is 8.30. The monoisotopic (exact) mass is 514 g/mol. The second-order valence-electron chi connectivity index (χ2n) is 10.1. The van der Waals surface area contributed by atoms with Crippen LogP contribution in [-0.4, -0.2) is 72.2 Å². The van der Waals surface area contributed by atoms with E-state index in [0.29, 0.717) is 6.54 Å². The number of hydrogen-bond acceptors (Lipinski definition) is 9. The third kappa shape index (κ3) is 4.27. The quantitative estimate of drug-likeness (QED) is 0.399. The molecule has 1 unspecified atom stereocenters. The smallest absolute Gasteiger partial charge is 0.376 e. The molecule has 2 saturated heterocycles. The van der Waals surface area contributed by atoms with Crippen molar-refractivity contribution in [3.8, 4) is 0 Å². The van der Waals surface area contributed by atoms with E-state index < -0.39 is 41.3 Å². The fourth-order valence-corrected chi connectivity index (χ4v) is 6.24. The molecule has 0 bridgehead atoms. The Morgan fingerprint density at radius 1 is 1.11 bits per heavy atom. The summed E-state index contributed by atoms with van der Waals surface area (Å²) < 4.78 is 15.3. The Morgan fingerprint density at radius 2 is 1.76 bits per heavy atom. The number of piperidine rings is 1. The van der Waals surface area contributed by atoms with E-state index in [1.807, 2.05) is 49.1 Å². The number of ether oxygens (including phenoxy) is 3. The molecule has 0 spiro atoms. The van der Waals surface area contributed by atoms with Crippen LogP contribution in [0.2, 0.25) is 0 Å². The molecule has 4 rings (SSSR count). The van der Waals surface area contributed by atoms with E-state index in [9.17, 15) is 19.2 Å². The molecule has 5 atom stereocenters. The van der Waals surface area contributed by atoms with Crippen LogP contribution >= 0.6 is 0 Å². The molecule has 200 valence electrons. The third-order valence-electron chi connectivity index (χ3n) is 7.66. The molecule has 0 saturated carbocycles. The minimum absolute atomic E-state index is 0.000313. The summed E-state index contributed by atoms with van der Waals surface area (Å²) in [5, 5.41) is 1.36. The summed E-state index contributed by atoms with van der Waals surface area (Å²) in [4.78, 5) is 60.9. The number of hydroxylamine groups is 2. The molecule has 0 radical (unpaired) electrons. The zero-order chi connectivity index (χ0) is 27.1. The number of fused-ring (bicyclic) bond motifs is 2. The lowest BCUT2D eigenvalue weighted by atomic mass is 9.68. The van der Waals surface area contributed by atoms with E-state index in [0.717, 1.165) is 5.56 Å². The zero-order valence-corrected chi connectivity index (χ0v) is 22.1. The summed E-state index contributed by atoms with van der Waals surface area (Å²) in [6.45, 7) is 7.90. The first-order valence-corrected chi connectivity index (χ1v) is 12.5. The molecule has 1 aromatic rings. The maximum Gasteiger partial charge on any atom is 0.376 e. The minimum Gasteiger partial charge on any atom is -0.465 e. The number of carbonyl (C=O) groups is 4. The first-order valence-electron chi connectivity index (χ1n) is 12.5. The highest BCUT2D eigenvalue weighted by molar-refractivity contribution is 6.02. The first-order chi connectivity index (χ1) is 17.6. The molecule has 3 aliphatic rings. The van der Waals surface area contributed by atoms with Gasteiger partial charge in [-0.1, -0.05) is 44.2 Å². The van der Waals surface area contributed by atoms with Crippen molar-refractivity contribution in [1.29, 1.82) is 0 Å². The van der Waals surface area contributed by atoms with Gasteiger partial charge in [-0.2, -0.15) is 0 Å². The Bertz CT molecular complexity index is 1120. The Balaban J connectivity index is 1.85. The van der Waals surface area contributed by atoms with Gasteiger partial charge < -0.3 is 23.9 Å². The van der Waals surface area contributed by atoms with Gasteiger partial charge in [0.2, 0.25) is 11.7 Å². The number of methoxy groups -OCH3 is 2. The molecule has 0 aliphatic carbocycles. The standard InChI is InChI=1S/C27H34N2O8/c1-7-36-25(32)21-18-17(23(30)28(20(18)15(2)3)14-16-11-9-8-10-12-16)13-27(4)19(24(31)34-5)22(26(33)35-6)37-29(21)27/h8-12,15,17-18,20-21H,7,13-14H2,1-6H3/t17-,18-,20+,21-,27?/m1/s1. The molecular weight excluding hydrogens is 480 g/mol. The van der Waals surface area contributed by atoms with Gasteiger partial charge in [0.05, 0.1) is 26.4 Å². The molecule has 2 fully saturated rings. The van der Waals surface area contributed by atoms with Crippen molar-refractivity contribution in [2.24, 2.45) is 17.8 Å². The molecule has 3 aliphatic heterocycles. The highest BCUT2D eigenvalue weighted by Crippen LogP contribution is 2.54. The molecule has 3 heterocycles. The minimum atomic E-state index is -1.31. The van der Waals surface area contributed by atoms with E-state index in [1.54, 1.807) is 13.8 Å². The number of benzene rings is 1. The van der Waals surface area contributed by atoms with Crippen molar-refractivity contribution in [3.63, 3.8) is 0 Å². The van der Waals surface area contributed by atoms with Gasteiger partial charge in [0.1, 0.15) is 11.6 Å². The number of hydrogen-bond donors (Lipinski definition) is 0. The summed E-state index contributed by atoms with van der Waals surface area (Å²) in [5.74, 6) is -3.83. The van der Waals surface area contributed by atoms with Crippen LogP contribution in [0.15, 0.2) is 41.7 Å². The second kappa shape index (κ2) is 10.2. The number of likely N-dealkylation sites (tertiary alicyclic amines) is 1. The van der Waals surface area contributed by atoms with Gasteiger partial charge in [-0.05, 0) is 31.7 Å². The van der Waals surface area contributed by atoms with Crippen LogP contribution in [0, 0.1) is 17.8 Å². The van der Waals surface area contributed by atoms with Gasteiger partial charge in [0.15, 0.2) is 0 Å². The van der Waals surface area contributed by atoms with Gasteiger partial charge in [0.25, 0.3) is 0 Å². The fraction of sp³-hybridized carbons (Fsp3) is 0.556. The van der Waals surface area contributed by atoms with Crippen molar-refractivity contribution < 1.29 is 38.2 Å². The van der Waals surface area contributed by atoms with Gasteiger partial charge in [0, 0.05) is 24.4 Å². The van der Waals surface area contributed by atoms with Crippen molar-refractivity contribution >= 4 is 23.8 Å². The van der Waals surface area contributed by atoms with Gasteiger partial charge in [-0.25, -0.2) is 9.59 Å². The van der Waals surface area contributed by atoms with E-state index in [2.05, 4.69) is 0 Å². The lowest BCUT2D eigenvalue weighted by molar-refractivity contribution is -0.232. The average molecular weight is 515 g/mol. The maximum atomic E-state index is 14.0. The average Bonchev–Trinajstić information content (AvgIpc) is 3.33. The van der Waals surface area contributed by atoms with Crippen LogP contribution in [0.4, 0.5) is 0 Å². The summed E-state index contributed by atoms with van der Waals surface area (Å²) in [6.07, 6.45) is 0.145. The molecule has 1 amide bonds. The highest BCUT2D eigenvalue weighted by Gasteiger charge is 2.68. The predicted octanol–water partition coefficient (Wildman–Crippen LogP) is 2.23. The normalized spacial score (nSPS) is 29.1. The molecule has 0 aromatic heterocycles. The van der Waals surface area contributed by atoms with Crippen LogP contribution in [0.25, 0.3) is 0 Å².